The molecule has 0 bridgehead atoms. The summed E-state index contributed by atoms with van der Waals surface area (Å²) in [4.78, 5) is 21.4. The Balaban J connectivity index is 1.55. The maximum absolute atomic E-state index is 13.2. The van der Waals surface area contributed by atoms with E-state index in [4.69, 9.17) is 10.5 Å². The van der Waals surface area contributed by atoms with Gasteiger partial charge in [-0.1, -0.05) is 37.3 Å². The van der Waals surface area contributed by atoms with Gasteiger partial charge >= 0.3 is 6.18 Å². The number of piperidine rings is 1. The summed E-state index contributed by atoms with van der Waals surface area (Å²) in [5, 5.41) is 3.52. The molecular formula is C22H30F3N5O2S. The lowest BCUT2D eigenvalue weighted by molar-refractivity contribution is -0.139. The van der Waals surface area contributed by atoms with Crippen LogP contribution in [-0.4, -0.2) is 61.2 Å². The first-order valence-corrected chi connectivity index (χ1v) is 11.9. The van der Waals surface area contributed by atoms with Crippen LogP contribution in [0.4, 0.5) is 24.1 Å². The van der Waals surface area contributed by atoms with Gasteiger partial charge in [-0.15, -0.1) is 0 Å². The van der Waals surface area contributed by atoms with E-state index in [1.165, 1.54) is 29.5 Å². The molecule has 1 fully saturated rings. The highest BCUT2D eigenvalue weighted by Gasteiger charge is 2.35. The molecule has 0 radical (unpaired) electrons. The van der Waals surface area contributed by atoms with Gasteiger partial charge in [-0.3, -0.25) is 4.79 Å². The number of hydrogen-bond donors (Lipinski definition) is 2. The van der Waals surface area contributed by atoms with Crippen LogP contribution in [0.25, 0.3) is 0 Å². The minimum atomic E-state index is -4.46. The van der Waals surface area contributed by atoms with Gasteiger partial charge in [0.2, 0.25) is 0 Å². The summed E-state index contributed by atoms with van der Waals surface area (Å²) in [5.74, 6) is -0.205. The van der Waals surface area contributed by atoms with Gasteiger partial charge in [0.15, 0.2) is 5.13 Å². The zero-order valence-corrected chi connectivity index (χ0v) is 19.6. The van der Waals surface area contributed by atoms with Crippen molar-refractivity contribution in [3.8, 4) is 5.75 Å². The Kier molecular flexibility index (Phi) is 8.41. The van der Waals surface area contributed by atoms with E-state index in [9.17, 15) is 18.0 Å². The van der Waals surface area contributed by atoms with Crippen LogP contribution in [0.15, 0.2) is 24.3 Å². The molecule has 2 aromatic rings. The van der Waals surface area contributed by atoms with Crippen molar-refractivity contribution in [3.63, 3.8) is 0 Å². The number of rotatable bonds is 9. The van der Waals surface area contributed by atoms with E-state index in [-0.39, 0.29) is 23.6 Å². The average molecular weight is 486 g/mol. The Hall–Kier alpha value is -2.53. The number of thiazole rings is 1. The van der Waals surface area contributed by atoms with Crippen molar-refractivity contribution in [2.45, 2.75) is 39.0 Å². The Morgan fingerprint density at radius 1 is 1.27 bits per heavy atom. The van der Waals surface area contributed by atoms with Gasteiger partial charge < -0.3 is 25.6 Å². The van der Waals surface area contributed by atoms with Crippen molar-refractivity contribution < 1.29 is 22.7 Å². The molecule has 2 heterocycles. The van der Waals surface area contributed by atoms with Gasteiger partial charge in [0.1, 0.15) is 22.5 Å². The van der Waals surface area contributed by atoms with Crippen molar-refractivity contribution in [2.75, 3.05) is 49.9 Å². The van der Waals surface area contributed by atoms with Crippen LogP contribution in [0, 0.1) is 0 Å². The van der Waals surface area contributed by atoms with Crippen LogP contribution in [-0.2, 0) is 6.18 Å². The van der Waals surface area contributed by atoms with Crippen molar-refractivity contribution in [1.29, 1.82) is 0 Å². The number of benzene rings is 1. The molecule has 182 valence electrons. The fourth-order valence-corrected chi connectivity index (χ4v) is 4.67. The van der Waals surface area contributed by atoms with Gasteiger partial charge in [-0.25, -0.2) is 4.98 Å². The lowest BCUT2D eigenvalue weighted by atomic mass is 10.1. The van der Waals surface area contributed by atoms with Gasteiger partial charge in [0.25, 0.3) is 5.91 Å². The second-order valence-corrected chi connectivity index (χ2v) is 8.77. The van der Waals surface area contributed by atoms with Gasteiger partial charge in [-0.2, -0.15) is 13.2 Å². The third-order valence-corrected chi connectivity index (χ3v) is 6.79. The van der Waals surface area contributed by atoms with E-state index in [1.807, 2.05) is 4.90 Å². The number of nitrogen functional groups attached to an aromatic ring is 1. The molecule has 3 N–H and O–H groups in total. The summed E-state index contributed by atoms with van der Waals surface area (Å²) < 4.78 is 45.3. The van der Waals surface area contributed by atoms with Crippen molar-refractivity contribution in [2.24, 2.45) is 0 Å². The largest absolute Gasteiger partial charge is 0.490 e. The number of aromatic nitrogens is 1. The van der Waals surface area contributed by atoms with E-state index < -0.39 is 11.7 Å². The van der Waals surface area contributed by atoms with E-state index in [0.29, 0.717) is 42.5 Å². The maximum atomic E-state index is 13.2. The van der Waals surface area contributed by atoms with Crippen LogP contribution in [0.3, 0.4) is 0 Å². The number of carbonyl (C=O) groups excluding carboxylic acids is 1. The van der Waals surface area contributed by atoms with Crippen molar-refractivity contribution >= 4 is 28.2 Å². The summed E-state index contributed by atoms with van der Waals surface area (Å²) in [7, 11) is 0. The number of ether oxygens (including phenoxy) is 1. The number of nitrogens with two attached hydrogens (primary N) is 1. The topological polar surface area (TPSA) is 83.7 Å². The van der Waals surface area contributed by atoms with E-state index in [1.54, 1.807) is 0 Å². The summed E-state index contributed by atoms with van der Waals surface area (Å²) in [6.45, 7) is 8.36. The third kappa shape index (κ3) is 6.50. The standard InChI is InChI=1S/C22H30F3N5O2S/c1-3-29(4-2)14-11-27-20(31)18-19(26)28-21(33-18)30-12-9-15(10-13-30)32-17-8-6-5-7-16(17)22(23,24)25/h5-8,15H,3-4,9-14,26H2,1-2H3,(H,27,31). The number of halogens is 3. The molecule has 1 saturated heterocycles. The molecule has 0 atom stereocenters. The van der Waals surface area contributed by atoms with E-state index in [0.717, 1.165) is 25.7 Å². The number of carbonyl (C=O) groups is 1. The summed E-state index contributed by atoms with van der Waals surface area (Å²) >= 11 is 1.23. The number of para-hydroxylation sites is 1. The Morgan fingerprint density at radius 2 is 1.94 bits per heavy atom. The minimum Gasteiger partial charge on any atom is -0.490 e. The van der Waals surface area contributed by atoms with Crippen molar-refractivity contribution in [3.05, 3.63) is 34.7 Å². The molecule has 1 aliphatic heterocycles. The quantitative estimate of drug-likeness (QED) is 0.561. The fourth-order valence-electron chi connectivity index (χ4n) is 3.71. The zero-order valence-electron chi connectivity index (χ0n) is 18.8. The van der Waals surface area contributed by atoms with Gasteiger partial charge in [-0.05, 0) is 25.2 Å². The second-order valence-electron chi connectivity index (χ2n) is 7.79. The molecule has 1 aromatic heterocycles. The smallest absolute Gasteiger partial charge is 0.419 e. The molecule has 11 heteroatoms. The maximum Gasteiger partial charge on any atom is 0.419 e. The first-order valence-electron chi connectivity index (χ1n) is 11.1. The van der Waals surface area contributed by atoms with Crippen LogP contribution in [0.1, 0.15) is 41.9 Å². The number of alkyl halides is 3. The molecule has 1 amide bonds. The summed E-state index contributed by atoms with van der Waals surface area (Å²) in [6.07, 6.45) is -3.71. The highest BCUT2D eigenvalue weighted by Crippen LogP contribution is 2.37. The number of nitrogens with one attached hydrogen (secondary N) is 1. The molecule has 0 spiro atoms. The molecule has 0 unspecified atom stereocenters. The molecular weight excluding hydrogens is 455 g/mol. The van der Waals surface area contributed by atoms with Crippen LogP contribution >= 0.6 is 11.3 Å². The number of hydrogen-bond acceptors (Lipinski definition) is 7. The Morgan fingerprint density at radius 3 is 2.58 bits per heavy atom. The molecule has 3 rings (SSSR count). The highest BCUT2D eigenvalue weighted by atomic mass is 32.1. The third-order valence-electron chi connectivity index (χ3n) is 5.65. The first kappa shape index (κ1) is 25.1. The minimum absolute atomic E-state index is 0.148. The molecule has 0 saturated carbocycles. The van der Waals surface area contributed by atoms with Gasteiger partial charge in [0.05, 0.1) is 5.56 Å². The van der Waals surface area contributed by atoms with E-state index >= 15 is 0 Å². The van der Waals surface area contributed by atoms with Crippen molar-refractivity contribution in [1.82, 2.24) is 15.2 Å². The lowest BCUT2D eigenvalue weighted by Gasteiger charge is -2.32. The Labute approximate surface area is 195 Å². The SMILES string of the molecule is CCN(CC)CCNC(=O)c1sc(N2CCC(Oc3ccccc3C(F)(F)F)CC2)nc1N. The number of nitrogens with zero attached hydrogens (tertiary/aromatic N) is 3. The summed E-state index contributed by atoms with van der Waals surface area (Å²) in [5.41, 5.74) is 5.22. The zero-order chi connectivity index (χ0) is 24.0. The second kappa shape index (κ2) is 11.1. The van der Waals surface area contributed by atoms with Crippen LogP contribution in [0.5, 0.6) is 5.75 Å². The van der Waals surface area contributed by atoms with Crippen LogP contribution < -0.4 is 20.7 Å². The van der Waals surface area contributed by atoms with E-state index in [2.05, 4.69) is 29.0 Å². The highest BCUT2D eigenvalue weighted by molar-refractivity contribution is 7.18. The predicted molar refractivity (Wildman–Crippen MR) is 124 cm³/mol. The normalized spacial score (nSPS) is 15.2. The molecule has 7 nitrogen and oxygen atoms in total. The molecule has 1 aliphatic rings. The van der Waals surface area contributed by atoms with Gasteiger partial charge in [0, 0.05) is 39.0 Å². The number of amides is 1. The Bertz CT molecular complexity index is 925. The monoisotopic (exact) mass is 485 g/mol. The number of likely N-dealkylation sites (N-methyl/N-ethyl adjacent to an activating group) is 1. The predicted octanol–water partition coefficient (Wildman–Crippen LogP) is 3.86. The average Bonchev–Trinajstić information content (AvgIpc) is 3.18. The fraction of sp³-hybridized carbons (Fsp3) is 0.545. The van der Waals surface area contributed by atoms with Crippen LogP contribution in [0.2, 0.25) is 0 Å². The number of anilines is 2. The summed E-state index contributed by atoms with van der Waals surface area (Å²) in [6, 6.07) is 5.26. The molecule has 33 heavy (non-hydrogen) atoms. The molecule has 1 aromatic carbocycles. The first-order chi connectivity index (χ1) is 15.7. The molecule has 0 aliphatic carbocycles. The lowest BCUT2D eigenvalue weighted by Crippen LogP contribution is -2.38.